The van der Waals surface area contributed by atoms with Gasteiger partial charge >= 0.3 is 19.8 Å². The molecular weight excluding hydrogens is 840 g/mol. The van der Waals surface area contributed by atoms with E-state index in [1.807, 2.05) is 12.2 Å². The van der Waals surface area contributed by atoms with Crippen LogP contribution in [-0.4, -0.2) is 65.7 Å². The summed E-state index contributed by atoms with van der Waals surface area (Å²) in [5, 5.41) is 18.4. The number of carbonyl (C=O) groups is 2. The van der Waals surface area contributed by atoms with Gasteiger partial charge in [-0.2, -0.15) is 0 Å². The van der Waals surface area contributed by atoms with Gasteiger partial charge in [0.25, 0.3) is 0 Å². The van der Waals surface area contributed by atoms with Crippen LogP contribution in [-0.2, 0) is 32.7 Å². The van der Waals surface area contributed by atoms with Crippen molar-refractivity contribution < 1.29 is 47.8 Å². The van der Waals surface area contributed by atoms with Crippen LogP contribution in [0.4, 0.5) is 0 Å². The summed E-state index contributed by atoms with van der Waals surface area (Å²) in [4.78, 5) is 35.1. The van der Waals surface area contributed by atoms with E-state index in [9.17, 15) is 24.2 Å². The van der Waals surface area contributed by atoms with Crippen molar-refractivity contribution in [2.45, 2.75) is 232 Å². The lowest BCUT2D eigenvalue weighted by atomic mass is 10.0. The normalized spacial score (nSPS) is 14.2. The summed E-state index contributed by atoms with van der Waals surface area (Å²) in [6, 6.07) is 0. The van der Waals surface area contributed by atoms with Gasteiger partial charge in [-0.1, -0.05) is 228 Å². The van der Waals surface area contributed by atoms with Gasteiger partial charge in [-0.25, -0.2) is 4.57 Å². The van der Waals surface area contributed by atoms with Crippen LogP contribution in [0, 0.1) is 0 Å². The van der Waals surface area contributed by atoms with Crippen LogP contribution >= 0.6 is 7.82 Å². The van der Waals surface area contributed by atoms with Gasteiger partial charge in [0.2, 0.25) is 0 Å². The van der Waals surface area contributed by atoms with Gasteiger partial charge in [-0.05, 0) is 51.4 Å². The van der Waals surface area contributed by atoms with Crippen molar-refractivity contribution in [3.8, 4) is 0 Å². The van der Waals surface area contributed by atoms with Gasteiger partial charge in [0.15, 0.2) is 6.10 Å². The number of rotatable bonds is 48. The van der Waals surface area contributed by atoms with E-state index in [0.29, 0.717) is 12.8 Å². The van der Waals surface area contributed by atoms with Crippen LogP contribution < -0.4 is 0 Å². The van der Waals surface area contributed by atoms with E-state index in [2.05, 4.69) is 74.6 Å². The van der Waals surface area contributed by atoms with Gasteiger partial charge in [0, 0.05) is 12.8 Å². The summed E-state index contributed by atoms with van der Waals surface area (Å²) in [5.41, 5.74) is 0. The van der Waals surface area contributed by atoms with Gasteiger partial charge in [-0.15, -0.1) is 0 Å². The van der Waals surface area contributed by atoms with E-state index in [1.54, 1.807) is 0 Å². The lowest BCUT2D eigenvalue weighted by Crippen LogP contribution is -2.29. The molecule has 376 valence electrons. The molecule has 0 saturated heterocycles. The molecule has 0 aliphatic rings. The second-order valence-electron chi connectivity index (χ2n) is 17.2. The number of aliphatic hydroxyl groups excluding tert-OH is 2. The molecular formula is C54H95O10P. The smallest absolute Gasteiger partial charge is 0.462 e. The summed E-state index contributed by atoms with van der Waals surface area (Å²) >= 11 is 0. The minimum absolute atomic E-state index is 0.0576. The number of hydrogen-bond donors (Lipinski definition) is 3. The molecule has 0 aromatic carbocycles. The SMILES string of the molecule is CC/C=C/C/C=C/C/C=C/C/C=C/C/C=C/C/C=C/CCC(=O)O[C@H](COC(=O)CCCCCCCCCCCCCCCCCCCCCCCCC)COP(=O)(O)OC[C@@H](O)CO. The Kier molecular flexibility index (Phi) is 47.4. The molecule has 0 saturated carbocycles. The first-order valence-electron chi connectivity index (χ1n) is 25.9. The first kappa shape index (κ1) is 62.4. The first-order chi connectivity index (χ1) is 31.7. The highest BCUT2D eigenvalue weighted by Crippen LogP contribution is 2.43. The number of phosphoric acid groups is 1. The van der Waals surface area contributed by atoms with Crippen molar-refractivity contribution in [1.29, 1.82) is 0 Å². The Morgan fingerprint density at radius 1 is 0.477 bits per heavy atom. The average Bonchev–Trinajstić information content (AvgIpc) is 3.30. The number of ether oxygens (including phenoxy) is 2. The number of esters is 2. The summed E-state index contributed by atoms with van der Waals surface area (Å²) < 4.78 is 32.8. The van der Waals surface area contributed by atoms with Crippen LogP contribution in [0.3, 0.4) is 0 Å². The van der Waals surface area contributed by atoms with E-state index in [-0.39, 0.29) is 19.4 Å². The zero-order valence-electron chi connectivity index (χ0n) is 41.2. The zero-order chi connectivity index (χ0) is 47.6. The molecule has 1 unspecified atom stereocenters. The molecule has 65 heavy (non-hydrogen) atoms. The molecule has 0 fully saturated rings. The molecule has 0 amide bonds. The fourth-order valence-corrected chi connectivity index (χ4v) is 7.75. The lowest BCUT2D eigenvalue weighted by molar-refractivity contribution is -0.161. The van der Waals surface area contributed by atoms with E-state index >= 15 is 0 Å². The molecule has 0 aromatic rings. The highest BCUT2D eigenvalue weighted by atomic mass is 31.2. The van der Waals surface area contributed by atoms with Crippen molar-refractivity contribution in [2.75, 3.05) is 26.4 Å². The predicted octanol–water partition coefficient (Wildman–Crippen LogP) is 14.8. The molecule has 0 spiro atoms. The molecule has 0 radical (unpaired) electrons. The maximum absolute atomic E-state index is 12.6. The monoisotopic (exact) mass is 935 g/mol. The third-order valence-corrected chi connectivity index (χ3v) is 11.8. The standard InChI is InChI=1S/C54H95O10P/c1-3-5-7-9-11-13-15-17-19-21-23-24-25-26-28-29-31-33-35-37-39-41-43-45-53(57)61-49-52(50-63-65(59,60)62-48-51(56)47-55)64-54(58)46-44-42-40-38-36-34-32-30-27-22-20-18-16-14-12-10-8-6-4-2/h6,8,12,14,18,20,27,30,34,36,40,42,51-52,55-56H,3-5,7,9-11,13,15-17,19,21-26,28-29,31-33,35,37-39,41,43-50H2,1-2H3,(H,59,60)/b8-6+,14-12+,20-18+,30-27+,36-34+,42-40+/t51-,52+/m0/s1. The van der Waals surface area contributed by atoms with Crippen LogP contribution in [0.15, 0.2) is 72.9 Å². The molecule has 0 aliphatic carbocycles. The fraction of sp³-hybridized carbons (Fsp3) is 0.741. The minimum Gasteiger partial charge on any atom is -0.462 e. The van der Waals surface area contributed by atoms with Gasteiger partial charge in [0.1, 0.15) is 12.7 Å². The van der Waals surface area contributed by atoms with E-state index in [0.717, 1.165) is 57.8 Å². The molecule has 3 N–H and O–H groups in total. The molecule has 3 atom stereocenters. The summed E-state index contributed by atoms with van der Waals surface area (Å²) in [5.74, 6) is -1.02. The van der Waals surface area contributed by atoms with E-state index in [1.165, 1.54) is 122 Å². The molecule has 11 heteroatoms. The summed E-state index contributed by atoms with van der Waals surface area (Å²) in [6.45, 7) is 2.21. The molecule has 0 rings (SSSR count). The molecule has 0 heterocycles. The van der Waals surface area contributed by atoms with Gasteiger partial charge < -0.3 is 24.6 Å². The zero-order valence-corrected chi connectivity index (χ0v) is 42.1. The maximum atomic E-state index is 12.6. The Balaban J connectivity index is 4.24. The maximum Gasteiger partial charge on any atom is 0.472 e. The van der Waals surface area contributed by atoms with Gasteiger partial charge in [0.05, 0.1) is 19.8 Å². The van der Waals surface area contributed by atoms with Crippen molar-refractivity contribution >= 4 is 19.8 Å². The van der Waals surface area contributed by atoms with Crippen molar-refractivity contribution in [3.05, 3.63) is 72.9 Å². The number of aliphatic hydroxyl groups is 2. The third kappa shape index (κ3) is 49.1. The second-order valence-corrected chi connectivity index (χ2v) is 18.6. The van der Waals surface area contributed by atoms with E-state index < -0.39 is 51.8 Å². The average molecular weight is 935 g/mol. The Labute approximate surface area is 397 Å². The second kappa shape index (κ2) is 49.3. The highest BCUT2D eigenvalue weighted by molar-refractivity contribution is 7.47. The largest absolute Gasteiger partial charge is 0.472 e. The van der Waals surface area contributed by atoms with Crippen molar-refractivity contribution in [2.24, 2.45) is 0 Å². The number of unbranched alkanes of at least 4 members (excludes halogenated alkanes) is 22. The Bertz CT molecular complexity index is 1310. The lowest BCUT2D eigenvalue weighted by Gasteiger charge is -2.20. The van der Waals surface area contributed by atoms with Gasteiger partial charge in [-0.3, -0.25) is 18.6 Å². The van der Waals surface area contributed by atoms with Crippen LogP contribution in [0.5, 0.6) is 0 Å². The Morgan fingerprint density at radius 2 is 0.846 bits per heavy atom. The first-order valence-corrected chi connectivity index (χ1v) is 27.4. The molecule has 0 aliphatic heterocycles. The Hall–Kier alpha value is -2.59. The number of carbonyl (C=O) groups excluding carboxylic acids is 2. The third-order valence-electron chi connectivity index (χ3n) is 10.9. The number of phosphoric ester groups is 1. The van der Waals surface area contributed by atoms with Crippen LogP contribution in [0.2, 0.25) is 0 Å². The minimum atomic E-state index is -4.65. The fourth-order valence-electron chi connectivity index (χ4n) is 6.96. The van der Waals surface area contributed by atoms with Crippen LogP contribution in [0.25, 0.3) is 0 Å². The molecule has 0 bridgehead atoms. The topological polar surface area (TPSA) is 149 Å². The van der Waals surface area contributed by atoms with Crippen molar-refractivity contribution in [1.82, 2.24) is 0 Å². The quantitative estimate of drug-likeness (QED) is 0.0233. The summed E-state index contributed by atoms with van der Waals surface area (Å²) in [7, 11) is -4.65. The highest BCUT2D eigenvalue weighted by Gasteiger charge is 2.27. The number of allylic oxidation sites excluding steroid dienone is 12. The Morgan fingerprint density at radius 3 is 1.25 bits per heavy atom. The predicted molar refractivity (Wildman–Crippen MR) is 270 cm³/mol. The molecule has 0 aromatic heterocycles. The molecule has 10 nitrogen and oxygen atoms in total. The van der Waals surface area contributed by atoms with E-state index in [4.69, 9.17) is 23.6 Å². The number of hydrogen-bond acceptors (Lipinski definition) is 9. The van der Waals surface area contributed by atoms with Crippen molar-refractivity contribution in [3.63, 3.8) is 0 Å². The summed E-state index contributed by atoms with van der Waals surface area (Å²) in [6.07, 6.45) is 59.0. The van der Waals surface area contributed by atoms with Crippen LogP contribution in [0.1, 0.15) is 219 Å².